The van der Waals surface area contributed by atoms with Gasteiger partial charge in [-0.3, -0.25) is 24.0 Å². The molecule has 0 saturated heterocycles. The molecule has 1 N–H and O–H groups in total. The second-order valence-electron chi connectivity index (χ2n) is 8.93. The summed E-state index contributed by atoms with van der Waals surface area (Å²) < 4.78 is 28.4. The van der Waals surface area contributed by atoms with E-state index in [-0.39, 0.29) is 35.1 Å². The lowest BCUT2D eigenvalue weighted by molar-refractivity contribution is -0.384. The molecule has 3 rings (SSSR count). The van der Waals surface area contributed by atoms with Gasteiger partial charge in [0.2, 0.25) is 11.8 Å². The minimum absolute atomic E-state index is 0.0317. The van der Waals surface area contributed by atoms with Gasteiger partial charge in [-0.15, -0.1) is 0 Å². The zero-order valence-electron chi connectivity index (χ0n) is 22.2. The van der Waals surface area contributed by atoms with E-state index in [1.54, 1.807) is 49.4 Å². The minimum atomic E-state index is -4.27. The molecule has 0 aliphatic carbocycles. The number of hydrogen-bond acceptors (Lipinski definition) is 6. The Morgan fingerprint density at radius 1 is 0.975 bits per heavy atom. The molecule has 0 unspecified atom stereocenters. The smallest absolute Gasteiger partial charge is 0.269 e. The molecule has 212 valence electrons. The van der Waals surface area contributed by atoms with Crippen LogP contribution in [0.2, 0.25) is 5.02 Å². The predicted molar refractivity (Wildman–Crippen MR) is 153 cm³/mol. The van der Waals surface area contributed by atoms with E-state index in [1.807, 2.05) is 6.92 Å². The highest BCUT2D eigenvalue weighted by molar-refractivity contribution is 7.92. The summed E-state index contributed by atoms with van der Waals surface area (Å²) in [6, 6.07) is 18.4. The summed E-state index contributed by atoms with van der Waals surface area (Å²) in [5.41, 5.74) is 0.419. The first-order chi connectivity index (χ1) is 19.1. The highest BCUT2D eigenvalue weighted by atomic mass is 35.5. The second kappa shape index (κ2) is 13.9. The molecule has 0 radical (unpaired) electrons. The van der Waals surface area contributed by atoms with Crippen LogP contribution in [0.5, 0.6) is 0 Å². The summed E-state index contributed by atoms with van der Waals surface area (Å²) in [4.78, 5) is 38.9. The Bertz CT molecular complexity index is 1430. The van der Waals surface area contributed by atoms with Gasteiger partial charge in [-0.1, -0.05) is 61.8 Å². The van der Waals surface area contributed by atoms with Crippen LogP contribution in [-0.4, -0.2) is 49.2 Å². The van der Waals surface area contributed by atoms with Crippen LogP contribution in [0.15, 0.2) is 83.8 Å². The van der Waals surface area contributed by atoms with E-state index in [1.165, 1.54) is 41.3 Å². The van der Waals surface area contributed by atoms with Crippen molar-refractivity contribution in [1.29, 1.82) is 0 Å². The molecule has 0 bridgehead atoms. The Labute approximate surface area is 238 Å². The van der Waals surface area contributed by atoms with E-state index < -0.39 is 33.4 Å². The number of rotatable bonds is 13. The maximum atomic E-state index is 14.0. The zero-order valence-corrected chi connectivity index (χ0v) is 23.8. The summed E-state index contributed by atoms with van der Waals surface area (Å²) in [6.07, 6.45) is 0.971. The van der Waals surface area contributed by atoms with Gasteiger partial charge in [0.25, 0.3) is 15.7 Å². The summed E-state index contributed by atoms with van der Waals surface area (Å²) in [5.74, 6) is -1.01. The first-order valence-corrected chi connectivity index (χ1v) is 14.5. The quantitative estimate of drug-likeness (QED) is 0.227. The van der Waals surface area contributed by atoms with E-state index in [9.17, 15) is 28.1 Å². The average Bonchev–Trinajstić information content (AvgIpc) is 2.96. The van der Waals surface area contributed by atoms with Crippen LogP contribution in [0.4, 0.5) is 11.4 Å². The van der Waals surface area contributed by atoms with E-state index >= 15 is 0 Å². The van der Waals surface area contributed by atoms with Gasteiger partial charge in [-0.05, 0) is 48.7 Å². The average molecular weight is 587 g/mol. The number of nitrogens with zero attached hydrogens (tertiary/aromatic N) is 3. The fourth-order valence-electron chi connectivity index (χ4n) is 4.08. The summed E-state index contributed by atoms with van der Waals surface area (Å²) in [5, 5.41) is 14.4. The lowest BCUT2D eigenvalue weighted by atomic mass is 10.1. The molecule has 0 heterocycles. The molecule has 0 aromatic heterocycles. The molecule has 0 aliphatic heterocycles. The highest BCUT2D eigenvalue weighted by Crippen LogP contribution is 2.27. The van der Waals surface area contributed by atoms with Crippen molar-refractivity contribution in [2.24, 2.45) is 0 Å². The van der Waals surface area contributed by atoms with Crippen molar-refractivity contribution < 1.29 is 22.9 Å². The van der Waals surface area contributed by atoms with Crippen LogP contribution in [-0.2, 0) is 26.2 Å². The van der Waals surface area contributed by atoms with E-state index in [2.05, 4.69) is 5.32 Å². The lowest BCUT2D eigenvalue weighted by Crippen LogP contribution is -2.52. The number of sulfonamides is 1. The van der Waals surface area contributed by atoms with Crippen molar-refractivity contribution in [3.8, 4) is 0 Å². The second-order valence-corrected chi connectivity index (χ2v) is 11.2. The number of anilines is 1. The van der Waals surface area contributed by atoms with Crippen molar-refractivity contribution in [3.63, 3.8) is 0 Å². The van der Waals surface area contributed by atoms with Crippen molar-refractivity contribution in [3.05, 3.63) is 99.6 Å². The van der Waals surface area contributed by atoms with E-state index in [0.717, 1.165) is 4.31 Å². The van der Waals surface area contributed by atoms with Crippen LogP contribution in [0, 0.1) is 10.1 Å². The molecule has 40 heavy (non-hydrogen) atoms. The van der Waals surface area contributed by atoms with Crippen molar-refractivity contribution in [2.45, 2.75) is 44.2 Å². The van der Waals surface area contributed by atoms with E-state index in [0.29, 0.717) is 23.6 Å². The number of nitrogens with one attached hydrogen (secondary N) is 1. The molecule has 0 aliphatic rings. The van der Waals surface area contributed by atoms with E-state index in [4.69, 9.17) is 11.6 Å². The van der Waals surface area contributed by atoms with Gasteiger partial charge >= 0.3 is 0 Å². The van der Waals surface area contributed by atoms with Crippen LogP contribution in [0.3, 0.4) is 0 Å². The van der Waals surface area contributed by atoms with Crippen LogP contribution >= 0.6 is 11.6 Å². The molecule has 10 nitrogen and oxygen atoms in total. The van der Waals surface area contributed by atoms with Gasteiger partial charge in [-0.2, -0.15) is 0 Å². The Kier molecular flexibility index (Phi) is 10.6. The molecule has 1 atom stereocenters. The maximum Gasteiger partial charge on any atom is 0.269 e. The summed E-state index contributed by atoms with van der Waals surface area (Å²) >= 11 is 6.38. The van der Waals surface area contributed by atoms with Gasteiger partial charge in [0, 0.05) is 30.2 Å². The molecule has 0 spiro atoms. The Hall–Kier alpha value is -3.96. The SMILES string of the molecule is CCCNC(=O)[C@@H](CC)N(Cc1ccccc1Cl)C(=O)CN(c1ccc([N+](=O)[O-])cc1)S(=O)(=O)c1ccccc1. The zero-order chi connectivity index (χ0) is 29.3. The Morgan fingerprint density at radius 2 is 1.60 bits per heavy atom. The van der Waals surface area contributed by atoms with Gasteiger partial charge in [0.05, 0.1) is 15.5 Å². The number of hydrogen-bond donors (Lipinski definition) is 1. The summed E-state index contributed by atoms with van der Waals surface area (Å²) in [7, 11) is -4.27. The number of nitro groups is 1. The number of benzene rings is 3. The Balaban J connectivity index is 2.07. The molecular formula is C28H31ClN4O6S. The molecular weight excluding hydrogens is 556 g/mol. The van der Waals surface area contributed by atoms with Gasteiger partial charge in [0.15, 0.2) is 0 Å². The molecule has 3 aromatic carbocycles. The number of carbonyl (C=O) groups excluding carboxylic acids is 2. The highest BCUT2D eigenvalue weighted by Gasteiger charge is 2.34. The number of carbonyl (C=O) groups is 2. The van der Waals surface area contributed by atoms with Crippen molar-refractivity contribution in [2.75, 3.05) is 17.4 Å². The third kappa shape index (κ3) is 7.36. The fraction of sp³-hybridized carbons (Fsp3) is 0.286. The number of amides is 2. The molecule has 12 heteroatoms. The number of non-ortho nitro benzene ring substituents is 1. The third-order valence-corrected chi connectivity index (χ3v) is 8.35. The fourth-order valence-corrected chi connectivity index (χ4v) is 5.72. The molecule has 0 fully saturated rings. The largest absolute Gasteiger partial charge is 0.354 e. The third-order valence-electron chi connectivity index (χ3n) is 6.19. The molecule has 3 aromatic rings. The van der Waals surface area contributed by atoms with Gasteiger partial charge in [0.1, 0.15) is 12.6 Å². The van der Waals surface area contributed by atoms with Crippen molar-refractivity contribution in [1.82, 2.24) is 10.2 Å². The first kappa shape index (κ1) is 30.6. The van der Waals surface area contributed by atoms with Crippen molar-refractivity contribution >= 4 is 44.8 Å². The first-order valence-electron chi connectivity index (χ1n) is 12.7. The van der Waals surface area contributed by atoms with Crippen LogP contribution < -0.4 is 9.62 Å². The predicted octanol–water partition coefficient (Wildman–Crippen LogP) is 4.78. The number of halogens is 1. The molecule has 2 amide bonds. The van der Waals surface area contributed by atoms with Gasteiger partial charge in [-0.25, -0.2) is 8.42 Å². The lowest BCUT2D eigenvalue weighted by Gasteiger charge is -2.33. The van der Waals surface area contributed by atoms with Gasteiger partial charge < -0.3 is 10.2 Å². The number of nitro benzene ring substituents is 1. The minimum Gasteiger partial charge on any atom is -0.354 e. The van der Waals surface area contributed by atoms with Crippen LogP contribution in [0.1, 0.15) is 32.3 Å². The van der Waals surface area contributed by atoms with Crippen LogP contribution in [0.25, 0.3) is 0 Å². The molecule has 0 saturated carbocycles. The normalized spacial score (nSPS) is 11.9. The standard InChI is InChI=1S/C28H31ClN4O6S/c1-3-18-30-28(35)26(4-2)31(19-21-10-8-9-13-25(21)29)27(34)20-32(22-14-16-23(17-15-22)33(36)37)40(38,39)24-11-6-5-7-12-24/h5-17,26H,3-4,18-20H2,1-2H3,(H,30,35)/t26-/m1/s1. The monoisotopic (exact) mass is 586 g/mol. The maximum absolute atomic E-state index is 14.0. The Morgan fingerprint density at radius 3 is 2.17 bits per heavy atom. The summed E-state index contributed by atoms with van der Waals surface area (Å²) in [6.45, 7) is 3.40. The topological polar surface area (TPSA) is 130 Å².